The number of halogens is 1. The van der Waals surface area contributed by atoms with Crippen molar-refractivity contribution < 1.29 is 9.59 Å². The van der Waals surface area contributed by atoms with Gasteiger partial charge < -0.3 is 15.5 Å². The van der Waals surface area contributed by atoms with Crippen molar-refractivity contribution in [3.63, 3.8) is 0 Å². The number of carbonyl (C=O) groups is 2. The van der Waals surface area contributed by atoms with Crippen LogP contribution in [0.2, 0.25) is 5.02 Å². The van der Waals surface area contributed by atoms with Gasteiger partial charge in [0.1, 0.15) is 0 Å². The largest absolute Gasteiger partial charge is 0.326 e. The molecule has 6 heteroatoms. The highest BCUT2D eigenvalue weighted by molar-refractivity contribution is 6.33. The summed E-state index contributed by atoms with van der Waals surface area (Å²) in [6.07, 6.45) is 4.81. The minimum Gasteiger partial charge on any atom is -0.326 e. The lowest BCUT2D eigenvalue weighted by atomic mass is 10.2. The molecular formula is C16H22ClN3O2. The summed E-state index contributed by atoms with van der Waals surface area (Å²) in [5, 5.41) is 6.06. The van der Waals surface area contributed by atoms with E-state index in [1.165, 1.54) is 12.8 Å². The van der Waals surface area contributed by atoms with E-state index in [2.05, 4.69) is 10.6 Å². The first-order chi connectivity index (χ1) is 10.6. The zero-order chi connectivity index (χ0) is 15.9. The third-order valence-electron chi connectivity index (χ3n) is 3.71. The molecule has 1 aromatic rings. The summed E-state index contributed by atoms with van der Waals surface area (Å²) in [5.41, 5.74) is 1.15. The molecule has 0 atom stereocenters. The van der Waals surface area contributed by atoms with Crippen molar-refractivity contribution in [1.29, 1.82) is 0 Å². The normalized spacial score (nSPS) is 15.1. The maximum Gasteiger partial charge on any atom is 0.321 e. The van der Waals surface area contributed by atoms with E-state index in [1.54, 1.807) is 25.1 Å². The number of hydrogen-bond donors (Lipinski definition) is 2. The predicted octanol–water partition coefficient (Wildman–Crippen LogP) is 4.10. The summed E-state index contributed by atoms with van der Waals surface area (Å²) in [6, 6.07) is 4.94. The second-order valence-electron chi connectivity index (χ2n) is 5.43. The minimum atomic E-state index is -0.136. The number of carbonyl (C=O) groups excluding carboxylic acids is 2. The number of anilines is 2. The average Bonchev–Trinajstić information content (AvgIpc) is 2.79. The lowest BCUT2D eigenvalue weighted by Gasteiger charge is -2.21. The molecule has 5 nitrogen and oxygen atoms in total. The van der Waals surface area contributed by atoms with Gasteiger partial charge in [-0.3, -0.25) is 4.79 Å². The molecule has 120 valence electrons. The second-order valence-corrected chi connectivity index (χ2v) is 5.83. The molecule has 1 aromatic carbocycles. The Morgan fingerprint density at radius 2 is 1.82 bits per heavy atom. The first-order valence-electron chi connectivity index (χ1n) is 7.75. The van der Waals surface area contributed by atoms with Gasteiger partial charge in [0.15, 0.2) is 0 Å². The van der Waals surface area contributed by atoms with Crippen LogP contribution in [-0.4, -0.2) is 29.9 Å². The van der Waals surface area contributed by atoms with E-state index in [0.717, 1.165) is 25.9 Å². The van der Waals surface area contributed by atoms with Crippen molar-refractivity contribution in [1.82, 2.24) is 4.90 Å². The lowest BCUT2D eigenvalue weighted by Crippen LogP contribution is -2.35. The van der Waals surface area contributed by atoms with Crippen LogP contribution in [-0.2, 0) is 4.79 Å². The highest BCUT2D eigenvalue weighted by atomic mass is 35.5. The van der Waals surface area contributed by atoms with Gasteiger partial charge in [-0.1, -0.05) is 31.4 Å². The van der Waals surface area contributed by atoms with Crippen molar-refractivity contribution in [2.75, 3.05) is 23.7 Å². The van der Waals surface area contributed by atoms with Crippen LogP contribution in [0.5, 0.6) is 0 Å². The summed E-state index contributed by atoms with van der Waals surface area (Å²) in [6.45, 7) is 3.33. The van der Waals surface area contributed by atoms with Gasteiger partial charge in [-0.2, -0.15) is 0 Å². The number of hydrogen-bond acceptors (Lipinski definition) is 2. The van der Waals surface area contributed by atoms with E-state index in [4.69, 9.17) is 11.6 Å². The summed E-state index contributed by atoms with van der Waals surface area (Å²) < 4.78 is 0. The Morgan fingerprint density at radius 1 is 1.14 bits per heavy atom. The van der Waals surface area contributed by atoms with Gasteiger partial charge in [0.2, 0.25) is 5.91 Å². The first kappa shape index (κ1) is 16.6. The molecule has 22 heavy (non-hydrogen) atoms. The topological polar surface area (TPSA) is 61.4 Å². The predicted molar refractivity (Wildman–Crippen MR) is 89.4 cm³/mol. The van der Waals surface area contributed by atoms with E-state index in [-0.39, 0.29) is 11.9 Å². The van der Waals surface area contributed by atoms with Crippen LogP contribution in [0.1, 0.15) is 39.0 Å². The molecule has 0 saturated carbocycles. The highest BCUT2D eigenvalue weighted by Crippen LogP contribution is 2.26. The van der Waals surface area contributed by atoms with Gasteiger partial charge in [-0.25, -0.2) is 4.79 Å². The Labute approximate surface area is 136 Å². The van der Waals surface area contributed by atoms with Crippen molar-refractivity contribution in [2.24, 2.45) is 0 Å². The quantitative estimate of drug-likeness (QED) is 0.879. The van der Waals surface area contributed by atoms with Crippen LogP contribution in [0.3, 0.4) is 0 Å². The summed E-state index contributed by atoms with van der Waals surface area (Å²) >= 11 is 6.14. The van der Waals surface area contributed by atoms with Crippen LogP contribution in [0.4, 0.5) is 16.2 Å². The monoisotopic (exact) mass is 323 g/mol. The molecule has 1 saturated heterocycles. The van der Waals surface area contributed by atoms with Gasteiger partial charge in [0.05, 0.1) is 10.7 Å². The molecule has 3 amide bonds. The summed E-state index contributed by atoms with van der Waals surface area (Å²) in [7, 11) is 0. The fourth-order valence-electron chi connectivity index (χ4n) is 2.42. The Morgan fingerprint density at radius 3 is 2.45 bits per heavy atom. The van der Waals surface area contributed by atoms with Crippen LogP contribution < -0.4 is 10.6 Å². The van der Waals surface area contributed by atoms with E-state index < -0.39 is 0 Å². The van der Waals surface area contributed by atoms with Crippen LogP contribution in [0.15, 0.2) is 18.2 Å². The minimum absolute atomic E-state index is 0.0767. The number of benzene rings is 1. The Hall–Kier alpha value is -1.75. The fraction of sp³-hybridized carbons (Fsp3) is 0.500. The number of amides is 3. The third-order valence-corrected chi connectivity index (χ3v) is 4.04. The molecule has 1 aliphatic heterocycles. The van der Waals surface area contributed by atoms with Gasteiger partial charge in [-0.05, 0) is 31.0 Å². The molecule has 1 aliphatic rings. The number of nitrogens with one attached hydrogen (secondary N) is 2. The van der Waals surface area contributed by atoms with Crippen LogP contribution in [0.25, 0.3) is 0 Å². The molecule has 1 heterocycles. The number of likely N-dealkylation sites (tertiary alicyclic amines) is 1. The van der Waals surface area contributed by atoms with Gasteiger partial charge in [-0.15, -0.1) is 0 Å². The molecule has 0 spiro atoms. The summed E-state index contributed by atoms with van der Waals surface area (Å²) in [4.78, 5) is 25.6. The van der Waals surface area contributed by atoms with E-state index in [1.807, 2.05) is 4.90 Å². The van der Waals surface area contributed by atoms with Crippen molar-refractivity contribution in [3.05, 3.63) is 23.2 Å². The Bertz CT molecular complexity index is 540. The molecule has 0 aliphatic carbocycles. The standard InChI is InChI=1S/C16H22ClN3O2/c1-2-15(21)18-12-7-8-13(17)14(11-12)19-16(22)20-9-5-3-4-6-10-20/h7-8,11H,2-6,9-10H2,1H3,(H,18,21)(H,19,22). The van der Waals surface area contributed by atoms with Crippen LogP contribution in [0, 0.1) is 0 Å². The van der Waals surface area contributed by atoms with Crippen molar-refractivity contribution >= 4 is 34.9 Å². The van der Waals surface area contributed by atoms with Gasteiger partial charge in [0.25, 0.3) is 0 Å². The summed E-state index contributed by atoms with van der Waals surface area (Å²) in [5.74, 6) is -0.0767. The van der Waals surface area contributed by atoms with Crippen molar-refractivity contribution in [3.8, 4) is 0 Å². The molecule has 0 unspecified atom stereocenters. The zero-order valence-corrected chi connectivity index (χ0v) is 13.6. The molecule has 1 fully saturated rings. The maximum absolute atomic E-state index is 12.3. The molecule has 0 radical (unpaired) electrons. The van der Waals surface area contributed by atoms with E-state index in [9.17, 15) is 9.59 Å². The third kappa shape index (κ3) is 4.63. The zero-order valence-electron chi connectivity index (χ0n) is 12.8. The van der Waals surface area contributed by atoms with E-state index in [0.29, 0.717) is 22.8 Å². The SMILES string of the molecule is CCC(=O)Nc1ccc(Cl)c(NC(=O)N2CCCCCC2)c1. The Kier molecular flexibility index (Phi) is 6.07. The number of nitrogens with zero attached hydrogens (tertiary/aromatic N) is 1. The van der Waals surface area contributed by atoms with Crippen LogP contribution >= 0.6 is 11.6 Å². The molecule has 0 aromatic heterocycles. The van der Waals surface area contributed by atoms with E-state index >= 15 is 0 Å². The van der Waals surface area contributed by atoms with Gasteiger partial charge in [0, 0.05) is 25.2 Å². The highest BCUT2D eigenvalue weighted by Gasteiger charge is 2.16. The average molecular weight is 324 g/mol. The molecule has 2 rings (SSSR count). The molecular weight excluding hydrogens is 302 g/mol. The van der Waals surface area contributed by atoms with Gasteiger partial charge >= 0.3 is 6.03 Å². The molecule has 2 N–H and O–H groups in total. The molecule has 0 bridgehead atoms. The number of rotatable bonds is 3. The van der Waals surface area contributed by atoms with Crippen molar-refractivity contribution in [2.45, 2.75) is 39.0 Å². The second kappa shape index (κ2) is 8.03. The first-order valence-corrected chi connectivity index (χ1v) is 8.13. The smallest absolute Gasteiger partial charge is 0.321 e. The number of urea groups is 1. The fourth-order valence-corrected chi connectivity index (χ4v) is 2.58. The Balaban J connectivity index is 2.05. The lowest BCUT2D eigenvalue weighted by molar-refractivity contribution is -0.115. The maximum atomic E-state index is 12.3.